The average molecular weight is 177 g/mol. The van der Waals surface area contributed by atoms with Gasteiger partial charge in [0.25, 0.3) is 0 Å². The molecule has 1 heterocycles. The van der Waals surface area contributed by atoms with E-state index in [0.29, 0.717) is 11.4 Å². The number of nitrogen functional groups attached to an aromatic ring is 1. The summed E-state index contributed by atoms with van der Waals surface area (Å²) in [6.07, 6.45) is 1.29. The fraction of sp³-hybridized carbons (Fsp3) is 0. The molecule has 2 N–H and O–H groups in total. The monoisotopic (exact) mass is 177 g/mol. The van der Waals surface area contributed by atoms with Gasteiger partial charge < -0.3 is 5.73 Å². The molecule has 0 aliphatic carbocycles. The second-order valence-corrected chi connectivity index (χ2v) is 2.51. The Morgan fingerprint density at radius 3 is 2.77 bits per heavy atom. The molecule has 0 fully saturated rings. The topological polar surface area (TPSA) is 74.1 Å². The molecule has 13 heavy (non-hydrogen) atoms. The van der Waals surface area contributed by atoms with Gasteiger partial charge in [-0.2, -0.15) is 0 Å². The molecule has 0 atom stereocenters. The van der Waals surface area contributed by atoms with Crippen molar-refractivity contribution < 1.29 is 4.52 Å². The molecule has 5 heteroatoms. The lowest BCUT2D eigenvalue weighted by atomic mass is 10.3. The first-order valence-corrected chi connectivity index (χ1v) is 3.67. The van der Waals surface area contributed by atoms with Crippen molar-refractivity contribution >= 4 is 5.69 Å². The highest BCUT2D eigenvalue weighted by molar-refractivity contribution is 5.56. The zero-order valence-corrected chi connectivity index (χ0v) is 6.68. The molecule has 5 nitrogen and oxygen atoms in total. The van der Waals surface area contributed by atoms with E-state index in [-0.39, 0.29) is 0 Å². The number of nitrogens with two attached hydrogens (primary N) is 1. The third-order valence-electron chi connectivity index (χ3n) is 1.69. The van der Waals surface area contributed by atoms with Gasteiger partial charge in [0.1, 0.15) is 6.33 Å². The smallest absolute Gasteiger partial charge is 0.397 e. The highest BCUT2D eigenvalue weighted by atomic mass is 16.5. The van der Waals surface area contributed by atoms with E-state index >= 15 is 0 Å². The van der Waals surface area contributed by atoms with Crippen LogP contribution in [0.25, 0.3) is 5.69 Å². The molecule has 0 radical (unpaired) electrons. The first kappa shape index (κ1) is 7.60. The van der Waals surface area contributed by atoms with Crippen LogP contribution in [0.4, 0.5) is 5.69 Å². The van der Waals surface area contributed by atoms with Crippen molar-refractivity contribution in [1.82, 2.24) is 9.72 Å². The van der Waals surface area contributed by atoms with Crippen LogP contribution in [0.3, 0.4) is 0 Å². The second kappa shape index (κ2) is 2.78. The Balaban J connectivity index is 2.66. The molecule has 66 valence electrons. The molecule has 0 aliphatic heterocycles. The lowest BCUT2D eigenvalue weighted by Gasteiger charge is -2.01. The van der Waals surface area contributed by atoms with Gasteiger partial charge in [0, 0.05) is 0 Å². The maximum Gasteiger partial charge on any atom is 0.446 e. The second-order valence-electron chi connectivity index (χ2n) is 2.51. The number of aromatic nitrogens is 2. The summed E-state index contributed by atoms with van der Waals surface area (Å²) in [5.74, 6) is -0.544. The first-order chi connectivity index (χ1) is 6.29. The largest absolute Gasteiger partial charge is 0.446 e. The minimum atomic E-state index is -0.544. The highest BCUT2D eigenvalue weighted by Gasteiger charge is 2.04. The predicted octanol–water partition coefficient (Wildman–Crippen LogP) is 0.408. The number of hydrogen-bond donors (Lipinski definition) is 1. The van der Waals surface area contributed by atoms with Crippen LogP contribution in [-0.2, 0) is 0 Å². The van der Waals surface area contributed by atoms with Crippen LogP contribution in [0.5, 0.6) is 0 Å². The fourth-order valence-electron chi connectivity index (χ4n) is 1.07. The summed E-state index contributed by atoms with van der Waals surface area (Å²) in [7, 11) is 0. The number of para-hydroxylation sites is 2. The van der Waals surface area contributed by atoms with Gasteiger partial charge in [0.2, 0.25) is 0 Å². The van der Waals surface area contributed by atoms with Crippen LogP contribution >= 0.6 is 0 Å². The van der Waals surface area contributed by atoms with E-state index in [9.17, 15) is 4.79 Å². The number of rotatable bonds is 1. The third-order valence-corrected chi connectivity index (χ3v) is 1.69. The van der Waals surface area contributed by atoms with Gasteiger partial charge >= 0.3 is 5.76 Å². The Morgan fingerprint density at radius 1 is 1.38 bits per heavy atom. The molecule has 0 aliphatic rings. The van der Waals surface area contributed by atoms with Gasteiger partial charge in [-0.1, -0.05) is 17.3 Å². The van der Waals surface area contributed by atoms with Crippen molar-refractivity contribution in [3.8, 4) is 5.69 Å². The number of nitrogens with zero attached hydrogens (tertiary/aromatic N) is 2. The molecule has 0 spiro atoms. The zero-order chi connectivity index (χ0) is 9.26. The summed E-state index contributed by atoms with van der Waals surface area (Å²) in [5, 5.41) is 3.36. The van der Waals surface area contributed by atoms with E-state index in [1.54, 1.807) is 24.3 Å². The summed E-state index contributed by atoms with van der Waals surface area (Å²) >= 11 is 0. The normalized spacial score (nSPS) is 10.2. The Morgan fingerprint density at radius 2 is 2.15 bits per heavy atom. The minimum Gasteiger partial charge on any atom is -0.397 e. The molecule has 0 bridgehead atoms. The van der Waals surface area contributed by atoms with Crippen LogP contribution in [0.2, 0.25) is 0 Å². The number of benzene rings is 1. The van der Waals surface area contributed by atoms with E-state index in [1.807, 2.05) is 0 Å². The fourth-order valence-corrected chi connectivity index (χ4v) is 1.07. The Labute approximate surface area is 73.4 Å². The maximum absolute atomic E-state index is 11.1. The van der Waals surface area contributed by atoms with E-state index in [2.05, 4.69) is 9.68 Å². The van der Waals surface area contributed by atoms with Gasteiger partial charge in [-0.05, 0) is 12.1 Å². The van der Waals surface area contributed by atoms with Crippen molar-refractivity contribution in [2.45, 2.75) is 0 Å². The Hall–Kier alpha value is -2.04. The standard InChI is InChI=1S/C8H7N3O2/c9-6-3-1-2-4-7(6)11-5-10-13-8(11)12/h1-5H,9H2. The lowest BCUT2D eigenvalue weighted by molar-refractivity contribution is 0.382. The average Bonchev–Trinajstić information content (AvgIpc) is 2.52. The summed E-state index contributed by atoms with van der Waals surface area (Å²) in [6.45, 7) is 0. The Kier molecular flexibility index (Phi) is 1.63. The highest BCUT2D eigenvalue weighted by Crippen LogP contribution is 2.13. The van der Waals surface area contributed by atoms with E-state index in [4.69, 9.17) is 5.73 Å². The van der Waals surface area contributed by atoms with Gasteiger partial charge in [0.05, 0.1) is 11.4 Å². The van der Waals surface area contributed by atoms with Gasteiger partial charge in [-0.25, -0.2) is 9.36 Å². The lowest BCUT2D eigenvalue weighted by Crippen LogP contribution is -2.12. The molecule has 2 aromatic rings. The molecular formula is C8H7N3O2. The van der Waals surface area contributed by atoms with Crippen molar-refractivity contribution in [3.63, 3.8) is 0 Å². The van der Waals surface area contributed by atoms with Crippen molar-refractivity contribution in [3.05, 3.63) is 41.1 Å². The quantitative estimate of drug-likeness (QED) is 0.640. The molecule has 0 saturated carbocycles. The van der Waals surface area contributed by atoms with Crippen LogP contribution in [0.15, 0.2) is 39.9 Å². The number of hydrogen-bond acceptors (Lipinski definition) is 4. The molecule has 0 unspecified atom stereocenters. The first-order valence-electron chi connectivity index (χ1n) is 3.67. The molecule has 1 aromatic carbocycles. The predicted molar refractivity (Wildman–Crippen MR) is 46.5 cm³/mol. The van der Waals surface area contributed by atoms with Gasteiger partial charge in [-0.3, -0.25) is 4.52 Å². The van der Waals surface area contributed by atoms with E-state index < -0.39 is 5.76 Å². The molecule has 2 rings (SSSR count). The zero-order valence-electron chi connectivity index (χ0n) is 6.68. The maximum atomic E-state index is 11.1. The van der Waals surface area contributed by atoms with Crippen LogP contribution in [0.1, 0.15) is 0 Å². The third kappa shape index (κ3) is 1.20. The van der Waals surface area contributed by atoms with Crippen LogP contribution < -0.4 is 11.5 Å². The SMILES string of the molecule is Nc1ccccc1-n1cnoc1=O. The molecular weight excluding hydrogens is 170 g/mol. The summed E-state index contributed by atoms with van der Waals surface area (Å²) < 4.78 is 5.62. The van der Waals surface area contributed by atoms with Crippen LogP contribution in [0, 0.1) is 0 Å². The minimum absolute atomic E-state index is 0.507. The number of anilines is 1. The molecule has 0 amide bonds. The van der Waals surface area contributed by atoms with Crippen molar-refractivity contribution in [2.24, 2.45) is 0 Å². The van der Waals surface area contributed by atoms with E-state index in [1.165, 1.54) is 10.9 Å². The van der Waals surface area contributed by atoms with Crippen LogP contribution in [-0.4, -0.2) is 9.72 Å². The van der Waals surface area contributed by atoms with Crippen molar-refractivity contribution in [1.29, 1.82) is 0 Å². The summed E-state index contributed by atoms with van der Waals surface area (Å²) in [4.78, 5) is 11.1. The summed E-state index contributed by atoms with van der Waals surface area (Å²) in [6, 6.07) is 6.99. The van der Waals surface area contributed by atoms with Gasteiger partial charge in [0.15, 0.2) is 0 Å². The molecule has 1 aromatic heterocycles. The van der Waals surface area contributed by atoms with Crippen molar-refractivity contribution in [2.75, 3.05) is 5.73 Å². The van der Waals surface area contributed by atoms with Gasteiger partial charge in [-0.15, -0.1) is 0 Å². The Bertz CT molecular complexity index is 472. The summed E-state index contributed by atoms with van der Waals surface area (Å²) in [5.41, 5.74) is 6.74. The molecule has 0 saturated heterocycles. The van der Waals surface area contributed by atoms with E-state index in [0.717, 1.165) is 0 Å².